The van der Waals surface area contributed by atoms with E-state index in [2.05, 4.69) is 33.0 Å². The summed E-state index contributed by atoms with van der Waals surface area (Å²) in [5.41, 5.74) is 2.29. The van der Waals surface area contributed by atoms with E-state index in [-0.39, 0.29) is 5.60 Å². The molecule has 0 amide bonds. The number of nitrogens with zero attached hydrogens (tertiary/aromatic N) is 3. The van der Waals surface area contributed by atoms with Crippen molar-refractivity contribution in [3.8, 4) is 17.2 Å². The zero-order valence-corrected chi connectivity index (χ0v) is 15.8. The molecule has 4 saturated heterocycles. The minimum absolute atomic E-state index is 0.0332. The predicted octanol–water partition coefficient (Wildman–Crippen LogP) is 3.34. The SMILES string of the molecule is c1nc2c(cc1-c1ccc(CN3CCCC3)o1)CC1(CN3CCC1CC3)O2. The van der Waals surface area contributed by atoms with E-state index in [9.17, 15) is 0 Å². The molecule has 0 aliphatic carbocycles. The van der Waals surface area contributed by atoms with Gasteiger partial charge in [-0.3, -0.25) is 9.80 Å². The molecular formula is C22H27N3O2. The zero-order valence-electron chi connectivity index (χ0n) is 15.8. The van der Waals surface area contributed by atoms with Crippen molar-refractivity contribution in [3.05, 3.63) is 35.7 Å². The highest BCUT2D eigenvalue weighted by Crippen LogP contribution is 2.46. The lowest BCUT2D eigenvalue weighted by atomic mass is 9.73. The summed E-state index contributed by atoms with van der Waals surface area (Å²) in [6.07, 6.45) is 8.05. The van der Waals surface area contributed by atoms with Crippen LogP contribution in [0.4, 0.5) is 0 Å². The first-order valence-electron chi connectivity index (χ1n) is 10.5. The molecule has 0 radical (unpaired) electrons. The second-order valence-corrected chi connectivity index (χ2v) is 8.83. The Morgan fingerprint density at radius 2 is 1.96 bits per heavy atom. The second kappa shape index (κ2) is 6.08. The smallest absolute Gasteiger partial charge is 0.217 e. The fourth-order valence-corrected chi connectivity index (χ4v) is 5.62. The Labute approximate surface area is 160 Å². The quantitative estimate of drug-likeness (QED) is 0.835. The van der Waals surface area contributed by atoms with Crippen molar-refractivity contribution >= 4 is 0 Å². The van der Waals surface area contributed by atoms with Gasteiger partial charge >= 0.3 is 0 Å². The van der Waals surface area contributed by atoms with Gasteiger partial charge < -0.3 is 9.15 Å². The van der Waals surface area contributed by atoms with E-state index < -0.39 is 0 Å². The van der Waals surface area contributed by atoms with Crippen LogP contribution < -0.4 is 4.74 Å². The molecule has 2 aromatic heterocycles. The third kappa shape index (κ3) is 2.71. The van der Waals surface area contributed by atoms with Crippen molar-refractivity contribution in [1.29, 1.82) is 0 Å². The van der Waals surface area contributed by atoms with Crippen molar-refractivity contribution in [1.82, 2.24) is 14.8 Å². The van der Waals surface area contributed by atoms with Gasteiger partial charge in [-0.05, 0) is 70.1 Å². The van der Waals surface area contributed by atoms with Gasteiger partial charge in [0.25, 0.3) is 0 Å². The van der Waals surface area contributed by atoms with Crippen LogP contribution in [0.1, 0.15) is 37.0 Å². The molecule has 7 heterocycles. The molecular weight excluding hydrogens is 338 g/mol. The van der Waals surface area contributed by atoms with Crippen LogP contribution in [-0.2, 0) is 13.0 Å². The van der Waals surface area contributed by atoms with Crippen molar-refractivity contribution < 1.29 is 9.15 Å². The van der Waals surface area contributed by atoms with Gasteiger partial charge in [0.2, 0.25) is 5.88 Å². The molecule has 7 rings (SSSR count). The van der Waals surface area contributed by atoms with Crippen molar-refractivity contribution in [3.63, 3.8) is 0 Å². The Balaban J connectivity index is 1.23. The molecule has 0 aromatic carbocycles. The summed E-state index contributed by atoms with van der Waals surface area (Å²) in [4.78, 5) is 9.70. The number of pyridine rings is 1. The second-order valence-electron chi connectivity index (χ2n) is 8.83. The molecule has 2 bridgehead atoms. The summed E-state index contributed by atoms with van der Waals surface area (Å²) >= 11 is 0. The predicted molar refractivity (Wildman–Crippen MR) is 103 cm³/mol. The Morgan fingerprint density at radius 3 is 2.74 bits per heavy atom. The van der Waals surface area contributed by atoms with E-state index in [1.54, 1.807) is 0 Å². The summed E-state index contributed by atoms with van der Waals surface area (Å²) in [5.74, 6) is 3.50. The molecule has 1 unspecified atom stereocenters. The fourth-order valence-electron chi connectivity index (χ4n) is 5.62. The zero-order chi connectivity index (χ0) is 17.8. The molecule has 142 valence electrons. The minimum Gasteiger partial charge on any atom is -0.469 e. The summed E-state index contributed by atoms with van der Waals surface area (Å²) in [6, 6.07) is 6.45. The topological polar surface area (TPSA) is 41.7 Å². The number of rotatable bonds is 3. The molecule has 5 heteroatoms. The molecule has 2 aromatic rings. The maximum Gasteiger partial charge on any atom is 0.217 e. The first-order valence-corrected chi connectivity index (χ1v) is 10.5. The van der Waals surface area contributed by atoms with Crippen LogP contribution in [0.25, 0.3) is 11.3 Å². The molecule has 0 saturated carbocycles. The van der Waals surface area contributed by atoms with Crippen LogP contribution in [0.15, 0.2) is 28.8 Å². The fraction of sp³-hybridized carbons (Fsp3) is 0.591. The minimum atomic E-state index is -0.0332. The van der Waals surface area contributed by atoms with Gasteiger partial charge in [-0.1, -0.05) is 0 Å². The van der Waals surface area contributed by atoms with Gasteiger partial charge in [-0.15, -0.1) is 0 Å². The number of hydrogen-bond donors (Lipinski definition) is 0. The van der Waals surface area contributed by atoms with Gasteiger partial charge in [-0.25, -0.2) is 4.98 Å². The summed E-state index contributed by atoms with van der Waals surface area (Å²) < 4.78 is 12.6. The highest BCUT2D eigenvalue weighted by molar-refractivity contribution is 5.59. The lowest BCUT2D eigenvalue weighted by Gasteiger charge is -2.50. The first-order chi connectivity index (χ1) is 13.3. The maximum absolute atomic E-state index is 6.46. The monoisotopic (exact) mass is 365 g/mol. The van der Waals surface area contributed by atoms with E-state index in [4.69, 9.17) is 9.15 Å². The van der Waals surface area contributed by atoms with Gasteiger partial charge in [0.05, 0.1) is 6.54 Å². The molecule has 1 spiro atoms. The average molecular weight is 365 g/mol. The Bertz CT molecular complexity index is 849. The number of piperidine rings is 3. The first kappa shape index (κ1) is 16.1. The molecule has 4 fully saturated rings. The van der Waals surface area contributed by atoms with Crippen LogP contribution in [0, 0.1) is 5.92 Å². The lowest BCUT2D eigenvalue weighted by molar-refractivity contribution is -0.0814. The maximum atomic E-state index is 6.46. The molecule has 27 heavy (non-hydrogen) atoms. The van der Waals surface area contributed by atoms with Crippen LogP contribution in [-0.4, -0.2) is 53.1 Å². The third-order valence-corrected chi connectivity index (χ3v) is 7.06. The standard InChI is InChI=1S/C22H27N3O2/c1-2-8-24(7-1)14-19-3-4-20(26-19)17-11-16-12-22(27-21(16)23-13-17)15-25-9-5-18(22)6-10-25/h3-4,11,13,18H,1-2,5-10,12,14-15H2. The highest BCUT2D eigenvalue weighted by Gasteiger charge is 2.52. The van der Waals surface area contributed by atoms with Gasteiger partial charge in [0, 0.05) is 36.2 Å². The van der Waals surface area contributed by atoms with E-state index in [0.717, 1.165) is 42.5 Å². The number of aromatic nitrogens is 1. The summed E-state index contributed by atoms with van der Waals surface area (Å²) in [5, 5.41) is 0. The molecule has 1 atom stereocenters. The van der Waals surface area contributed by atoms with Crippen LogP contribution in [0.3, 0.4) is 0 Å². The number of fused-ring (bicyclic) bond motifs is 3. The van der Waals surface area contributed by atoms with Crippen molar-refractivity contribution in [2.24, 2.45) is 5.92 Å². The number of furan rings is 1. The van der Waals surface area contributed by atoms with E-state index in [1.165, 1.54) is 57.4 Å². The van der Waals surface area contributed by atoms with Gasteiger partial charge in [0.1, 0.15) is 17.1 Å². The van der Waals surface area contributed by atoms with Crippen LogP contribution >= 0.6 is 0 Å². The largest absolute Gasteiger partial charge is 0.469 e. The third-order valence-electron chi connectivity index (χ3n) is 7.06. The Kier molecular flexibility index (Phi) is 3.63. The Morgan fingerprint density at radius 1 is 1.11 bits per heavy atom. The highest BCUT2D eigenvalue weighted by atomic mass is 16.5. The molecule has 5 nitrogen and oxygen atoms in total. The van der Waals surface area contributed by atoms with Gasteiger partial charge in [-0.2, -0.15) is 0 Å². The normalized spacial score (nSPS) is 32.1. The average Bonchev–Trinajstić information content (AvgIpc) is 3.42. The van der Waals surface area contributed by atoms with Crippen molar-refractivity contribution in [2.45, 2.75) is 44.2 Å². The van der Waals surface area contributed by atoms with Crippen LogP contribution in [0.2, 0.25) is 0 Å². The number of likely N-dealkylation sites (tertiary alicyclic amines) is 1. The number of hydrogen-bond acceptors (Lipinski definition) is 5. The number of ether oxygens (including phenoxy) is 1. The summed E-state index contributed by atoms with van der Waals surface area (Å²) in [7, 11) is 0. The molecule has 0 N–H and O–H groups in total. The van der Waals surface area contributed by atoms with E-state index in [1.807, 2.05) is 6.20 Å². The molecule has 5 aliphatic rings. The van der Waals surface area contributed by atoms with Gasteiger partial charge in [0.15, 0.2) is 0 Å². The van der Waals surface area contributed by atoms with Crippen molar-refractivity contribution in [2.75, 3.05) is 32.7 Å². The summed E-state index contributed by atoms with van der Waals surface area (Å²) in [6.45, 7) is 6.82. The molecule has 5 aliphatic heterocycles. The lowest BCUT2D eigenvalue weighted by Crippen LogP contribution is -2.61. The van der Waals surface area contributed by atoms with E-state index >= 15 is 0 Å². The van der Waals surface area contributed by atoms with E-state index in [0.29, 0.717) is 5.92 Å². The Hall–Kier alpha value is -1.85. The van der Waals surface area contributed by atoms with Crippen LogP contribution in [0.5, 0.6) is 5.88 Å².